The maximum atomic E-state index is 10.3. The molecule has 0 amide bonds. The van der Waals surface area contributed by atoms with E-state index >= 15 is 0 Å². The lowest BCUT2D eigenvalue weighted by molar-refractivity contribution is -0.0434. The number of fused-ring (bicyclic) bond motifs is 1. The second kappa shape index (κ2) is 5.27. The zero-order valence-electron chi connectivity index (χ0n) is 11.0. The van der Waals surface area contributed by atoms with Gasteiger partial charge in [0, 0.05) is 12.1 Å². The Hall–Kier alpha value is -0.0800. The Bertz CT molecular complexity index is 247. The predicted octanol–water partition coefficient (Wildman–Crippen LogP) is 2.94. The number of rotatable bonds is 1. The third kappa shape index (κ3) is 2.39. The van der Waals surface area contributed by atoms with Crippen molar-refractivity contribution in [3.05, 3.63) is 0 Å². The van der Waals surface area contributed by atoms with Gasteiger partial charge < -0.3 is 5.11 Å². The van der Waals surface area contributed by atoms with Crippen LogP contribution in [-0.2, 0) is 0 Å². The third-order valence-corrected chi connectivity index (χ3v) is 5.41. The zero-order valence-corrected chi connectivity index (χ0v) is 11.0. The van der Waals surface area contributed by atoms with E-state index in [-0.39, 0.29) is 6.10 Å². The molecule has 4 atom stereocenters. The highest BCUT2D eigenvalue weighted by Gasteiger charge is 2.39. The lowest BCUT2D eigenvalue weighted by atomic mass is 9.76. The molecule has 2 unspecified atom stereocenters. The minimum atomic E-state index is -0.0376. The van der Waals surface area contributed by atoms with E-state index in [2.05, 4.69) is 4.90 Å². The Labute approximate surface area is 105 Å². The first kappa shape index (κ1) is 12.0. The maximum absolute atomic E-state index is 10.3. The highest BCUT2D eigenvalue weighted by molar-refractivity contribution is 4.93. The molecule has 3 aliphatic rings. The van der Waals surface area contributed by atoms with E-state index in [1.54, 1.807) is 0 Å². The molecule has 2 nitrogen and oxygen atoms in total. The molecule has 0 aromatic heterocycles. The molecule has 2 aliphatic carbocycles. The van der Waals surface area contributed by atoms with Gasteiger partial charge in [-0.15, -0.1) is 0 Å². The van der Waals surface area contributed by atoms with Crippen LogP contribution in [0.5, 0.6) is 0 Å². The van der Waals surface area contributed by atoms with E-state index in [0.29, 0.717) is 6.04 Å². The van der Waals surface area contributed by atoms with Crippen LogP contribution >= 0.6 is 0 Å². The summed E-state index contributed by atoms with van der Waals surface area (Å²) in [5.41, 5.74) is 0. The van der Waals surface area contributed by atoms with E-state index in [1.807, 2.05) is 0 Å². The van der Waals surface area contributed by atoms with Crippen LogP contribution in [0.15, 0.2) is 0 Å². The van der Waals surface area contributed by atoms with Crippen LogP contribution in [0.3, 0.4) is 0 Å². The van der Waals surface area contributed by atoms with E-state index in [0.717, 1.165) is 18.4 Å². The van der Waals surface area contributed by atoms with Crippen molar-refractivity contribution in [3.8, 4) is 0 Å². The average molecular weight is 237 g/mol. The quantitative estimate of drug-likeness (QED) is 0.758. The number of piperidine rings is 1. The number of aliphatic hydroxyl groups excluding tert-OH is 1. The second-order valence-corrected chi connectivity index (χ2v) is 6.41. The fourth-order valence-electron chi connectivity index (χ4n) is 4.55. The van der Waals surface area contributed by atoms with Crippen LogP contribution in [0.1, 0.15) is 64.2 Å². The van der Waals surface area contributed by atoms with Gasteiger partial charge in [0.25, 0.3) is 0 Å². The first-order chi connectivity index (χ1) is 8.36. The van der Waals surface area contributed by atoms with Crippen molar-refractivity contribution >= 4 is 0 Å². The summed E-state index contributed by atoms with van der Waals surface area (Å²) < 4.78 is 0. The molecular weight excluding hydrogens is 210 g/mol. The van der Waals surface area contributed by atoms with Crippen LogP contribution in [0.2, 0.25) is 0 Å². The number of aliphatic hydroxyl groups is 1. The molecule has 1 saturated heterocycles. The maximum Gasteiger partial charge on any atom is 0.0695 e. The molecule has 17 heavy (non-hydrogen) atoms. The average Bonchev–Trinajstić information content (AvgIpc) is 2.39. The summed E-state index contributed by atoms with van der Waals surface area (Å²) in [6, 6.07) is 1.31. The number of hydrogen-bond donors (Lipinski definition) is 1. The molecular formula is C15H27NO. The SMILES string of the molecule is O[C@H]1CCCC[C@@H]1N1CCCC2CCCCC21. The molecule has 0 aromatic rings. The van der Waals surface area contributed by atoms with Crippen LogP contribution in [0.4, 0.5) is 0 Å². The van der Waals surface area contributed by atoms with Gasteiger partial charge in [0.05, 0.1) is 6.10 Å². The lowest BCUT2D eigenvalue weighted by Crippen LogP contribution is -2.55. The van der Waals surface area contributed by atoms with E-state index in [9.17, 15) is 5.11 Å². The summed E-state index contributed by atoms with van der Waals surface area (Å²) in [7, 11) is 0. The molecule has 2 saturated carbocycles. The Morgan fingerprint density at radius 3 is 2.18 bits per heavy atom. The van der Waals surface area contributed by atoms with Gasteiger partial charge in [-0.05, 0) is 51.0 Å². The highest BCUT2D eigenvalue weighted by Crippen LogP contribution is 2.38. The molecule has 1 N–H and O–H groups in total. The van der Waals surface area contributed by atoms with Crippen molar-refractivity contribution in [2.24, 2.45) is 5.92 Å². The molecule has 1 aliphatic heterocycles. The van der Waals surface area contributed by atoms with E-state index in [4.69, 9.17) is 0 Å². The standard InChI is InChI=1S/C15H27NO/c17-15-10-4-3-9-14(15)16-11-5-7-12-6-1-2-8-13(12)16/h12-15,17H,1-11H2/t12?,13?,14-,15-/m0/s1. The van der Waals surface area contributed by atoms with E-state index < -0.39 is 0 Å². The molecule has 0 bridgehead atoms. The van der Waals surface area contributed by atoms with Crippen molar-refractivity contribution < 1.29 is 5.11 Å². The molecule has 3 rings (SSSR count). The van der Waals surface area contributed by atoms with Crippen molar-refractivity contribution in [2.45, 2.75) is 82.4 Å². The molecule has 2 heteroatoms. The summed E-state index contributed by atoms with van der Waals surface area (Å²) in [6.45, 7) is 1.25. The summed E-state index contributed by atoms with van der Waals surface area (Å²) >= 11 is 0. The van der Waals surface area contributed by atoms with Crippen molar-refractivity contribution in [3.63, 3.8) is 0 Å². The van der Waals surface area contributed by atoms with E-state index in [1.165, 1.54) is 64.3 Å². The second-order valence-electron chi connectivity index (χ2n) is 6.41. The van der Waals surface area contributed by atoms with Crippen molar-refractivity contribution in [1.82, 2.24) is 4.90 Å². The molecule has 1 heterocycles. The zero-order chi connectivity index (χ0) is 11.7. The van der Waals surface area contributed by atoms with Crippen LogP contribution in [-0.4, -0.2) is 34.7 Å². The van der Waals surface area contributed by atoms with Crippen LogP contribution in [0.25, 0.3) is 0 Å². The fourth-order valence-corrected chi connectivity index (χ4v) is 4.55. The monoisotopic (exact) mass is 237 g/mol. The summed E-state index contributed by atoms with van der Waals surface area (Å²) in [5.74, 6) is 0.951. The van der Waals surface area contributed by atoms with Crippen molar-refractivity contribution in [2.75, 3.05) is 6.54 Å². The number of likely N-dealkylation sites (tertiary alicyclic amines) is 1. The van der Waals surface area contributed by atoms with Gasteiger partial charge in [-0.1, -0.05) is 25.7 Å². The van der Waals surface area contributed by atoms with Gasteiger partial charge in [-0.25, -0.2) is 0 Å². The number of hydrogen-bond acceptors (Lipinski definition) is 2. The smallest absolute Gasteiger partial charge is 0.0695 e. The minimum absolute atomic E-state index is 0.0376. The molecule has 98 valence electrons. The Morgan fingerprint density at radius 2 is 1.35 bits per heavy atom. The topological polar surface area (TPSA) is 23.5 Å². The molecule has 0 radical (unpaired) electrons. The number of nitrogens with zero attached hydrogens (tertiary/aromatic N) is 1. The van der Waals surface area contributed by atoms with Crippen LogP contribution in [0, 0.1) is 5.92 Å². The Balaban J connectivity index is 1.71. The van der Waals surface area contributed by atoms with Gasteiger partial charge in [0.15, 0.2) is 0 Å². The van der Waals surface area contributed by atoms with Gasteiger partial charge in [0.1, 0.15) is 0 Å². The summed E-state index contributed by atoms with van der Waals surface area (Å²) in [5, 5.41) is 10.3. The van der Waals surface area contributed by atoms with Gasteiger partial charge in [-0.3, -0.25) is 4.90 Å². The first-order valence-electron chi connectivity index (χ1n) is 7.80. The summed E-state index contributed by atoms with van der Waals surface area (Å²) in [6.07, 6.45) is 13.3. The van der Waals surface area contributed by atoms with Crippen LogP contribution < -0.4 is 0 Å². The third-order valence-electron chi connectivity index (χ3n) is 5.41. The molecule has 3 fully saturated rings. The van der Waals surface area contributed by atoms with Gasteiger partial charge in [0.2, 0.25) is 0 Å². The van der Waals surface area contributed by atoms with Crippen molar-refractivity contribution in [1.29, 1.82) is 0 Å². The Morgan fingerprint density at radius 1 is 0.706 bits per heavy atom. The largest absolute Gasteiger partial charge is 0.391 e. The molecule has 0 spiro atoms. The normalized spacial score (nSPS) is 44.3. The molecule has 0 aromatic carbocycles. The fraction of sp³-hybridized carbons (Fsp3) is 1.00. The predicted molar refractivity (Wildman–Crippen MR) is 69.9 cm³/mol. The first-order valence-corrected chi connectivity index (χ1v) is 7.80. The minimum Gasteiger partial charge on any atom is -0.391 e. The van der Waals surface area contributed by atoms with Gasteiger partial charge >= 0.3 is 0 Å². The Kier molecular flexibility index (Phi) is 3.72. The lowest BCUT2D eigenvalue weighted by Gasteiger charge is -2.49. The highest BCUT2D eigenvalue weighted by atomic mass is 16.3. The van der Waals surface area contributed by atoms with Gasteiger partial charge in [-0.2, -0.15) is 0 Å². The summed E-state index contributed by atoms with van der Waals surface area (Å²) in [4.78, 5) is 2.72.